The number of para-hydroxylation sites is 2. The Morgan fingerprint density at radius 2 is 1.91 bits per heavy atom. The number of amides is 1. The van der Waals surface area contributed by atoms with Crippen molar-refractivity contribution < 1.29 is 9.21 Å². The number of carbonyl (C=O) groups is 1. The van der Waals surface area contributed by atoms with Gasteiger partial charge in [0.1, 0.15) is 11.6 Å². The Morgan fingerprint density at radius 3 is 2.81 bits per heavy atom. The summed E-state index contributed by atoms with van der Waals surface area (Å²) in [5.41, 5.74) is 5.62. The summed E-state index contributed by atoms with van der Waals surface area (Å²) < 4.78 is 6.90. The van der Waals surface area contributed by atoms with Gasteiger partial charge in [-0.3, -0.25) is 9.36 Å². The number of oxazole rings is 1. The molecule has 32 heavy (non-hydrogen) atoms. The molecular weight excluding hydrogens is 406 g/mol. The predicted molar refractivity (Wildman–Crippen MR) is 118 cm³/mol. The number of rotatable bonds is 2. The van der Waals surface area contributed by atoms with Crippen LogP contribution in [0.3, 0.4) is 0 Å². The van der Waals surface area contributed by atoms with Crippen molar-refractivity contribution in [2.24, 2.45) is 0 Å². The first-order valence-electron chi connectivity index (χ1n) is 10.5. The largest absolute Gasteiger partial charge is 0.420 e. The number of nitrogens with zero attached hydrogens (tertiary/aromatic N) is 3. The van der Waals surface area contributed by atoms with Gasteiger partial charge in [0.15, 0.2) is 5.58 Å². The molecule has 3 aromatic heterocycles. The average Bonchev–Trinajstić information content (AvgIpc) is 3.51. The number of aromatic amines is 1. The van der Waals surface area contributed by atoms with Gasteiger partial charge in [-0.1, -0.05) is 18.2 Å². The molecule has 2 aromatic carbocycles. The molecule has 4 heterocycles. The molecule has 0 radical (unpaired) electrons. The molecule has 1 spiro atoms. The van der Waals surface area contributed by atoms with Crippen molar-refractivity contribution in [3.05, 3.63) is 87.8 Å². The van der Waals surface area contributed by atoms with Crippen molar-refractivity contribution in [1.82, 2.24) is 19.5 Å². The fourth-order valence-corrected chi connectivity index (χ4v) is 5.22. The number of hydrogen-bond acceptors (Lipinski definition) is 5. The number of pyridine rings is 1. The number of aromatic nitrogens is 4. The third-order valence-electron chi connectivity index (χ3n) is 6.71. The van der Waals surface area contributed by atoms with Crippen LogP contribution in [-0.2, 0) is 29.6 Å². The Hall–Kier alpha value is -4.20. The Balaban J connectivity index is 1.27. The molecule has 0 saturated carbocycles. The van der Waals surface area contributed by atoms with E-state index in [2.05, 4.69) is 27.4 Å². The highest BCUT2D eigenvalue weighted by molar-refractivity contribution is 6.06. The summed E-state index contributed by atoms with van der Waals surface area (Å²) in [6.45, 7) is 0.292. The van der Waals surface area contributed by atoms with Gasteiger partial charge < -0.3 is 14.7 Å². The predicted octanol–water partition coefficient (Wildman–Crippen LogP) is 2.90. The van der Waals surface area contributed by atoms with Crippen molar-refractivity contribution in [2.75, 3.05) is 5.32 Å². The van der Waals surface area contributed by atoms with Gasteiger partial charge in [-0.05, 0) is 54.3 Å². The fourth-order valence-electron chi connectivity index (χ4n) is 5.22. The second kappa shape index (κ2) is 5.94. The Bertz CT molecular complexity index is 1600. The van der Waals surface area contributed by atoms with E-state index in [0.717, 1.165) is 33.2 Å². The molecule has 1 atom stereocenters. The van der Waals surface area contributed by atoms with Crippen molar-refractivity contribution in [1.29, 1.82) is 0 Å². The lowest BCUT2D eigenvalue weighted by molar-refractivity contribution is -0.120. The molecule has 0 fully saturated rings. The molecule has 5 aromatic rings. The lowest BCUT2D eigenvalue weighted by atomic mass is 9.79. The normalized spacial score (nSPS) is 16.1. The van der Waals surface area contributed by atoms with E-state index in [1.165, 1.54) is 0 Å². The summed E-state index contributed by atoms with van der Waals surface area (Å²) in [5, 5.41) is 2.94. The lowest BCUT2D eigenvalue weighted by Gasteiger charge is -2.20. The van der Waals surface area contributed by atoms with Crippen molar-refractivity contribution in [2.45, 2.75) is 24.8 Å². The topological polar surface area (TPSA) is 106 Å². The van der Waals surface area contributed by atoms with E-state index in [1.54, 1.807) is 16.8 Å². The molecule has 2 aliphatic rings. The average molecular weight is 423 g/mol. The zero-order valence-corrected chi connectivity index (χ0v) is 16.9. The first kappa shape index (κ1) is 17.5. The van der Waals surface area contributed by atoms with Crippen LogP contribution in [0.15, 0.2) is 63.9 Å². The van der Waals surface area contributed by atoms with Gasteiger partial charge in [0, 0.05) is 11.8 Å². The minimum Gasteiger partial charge on any atom is -0.408 e. The molecule has 8 heteroatoms. The molecule has 8 nitrogen and oxygen atoms in total. The Kier molecular flexibility index (Phi) is 3.24. The van der Waals surface area contributed by atoms with Gasteiger partial charge in [-0.2, -0.15) is 0 Å². The summed E-state index contributed by atoms with van der Waals surface area (Å²) in [4.78, 5) is 37.6. The van der Waals surface area contributed by atoms with Gasteiger partial charge in [0.2, 0.25) is 5.91 Å². The highest BCUT2D eigenvalue weighted by atomic mass is 16.4. The van der Waals surface area contributed by atoms with Crippen LogP contribution in [0, 0.1) is 0 Å². The van der Waals surface area contributed by atoms with Crippen molar-refractivity contribution >= 4 is 33.9 Å². The van der Waals surface area contributed by atoms with Gasteiger partial charge in [-0.15, -0.1) is 0 Å². The van der Waals surface area contributed by atoms with E-state index >= 15 is 0 Å². The van der Waals surface area contributed by atoms with E-state index in [9.17, 15) is 9.59 Å². The molecule has 1 unspecified atom stereocenters. The SMILES string of the molecule is O=C1Nc2ncccc2C12Cc1cc3nc(Cn4c(=O)oc5ccccc54)[nH]c3cc1C2. The van der Waals surface area contributed by atoms with Crippen molar-refractivity contribution in [3.63, 3.8) is 0 Å². The zero-order chi connectivity index (χ0) is 21.4. The third-order valence-corrected chi connectivity index (χ3v) is 6.71. The quantitative estimate of drug-likeness (QED) is 0.454. The molecule has 1 amide bonds. The van der Waals surface area contributed by atoms with Gasteiger partial charge >= 0.3 is 5.76 Å². The highest BCUT2D eigenvalue weighted by Gasteiger charge is 2.51. The lowest BCUT2D eigenvalue weighted by Crippen LogP contribution is -2.35. The Labute approximate surface area is 180 Å². The molecule has 0 saturated heterocycles. The first-order valence-corrected chi connectivity index (χ1v) is 10.5. The number of carbonyl (C=O) groups excluding carboxylic acids is 1. The third kappa shape index (κ3) is 2.26. The van der Waals surface area contributed by atoms with E-state index in [0.29, 0.717) is 36.6 Å². The zero-order valence-electron chi connectivity index (χ0n) is 16.9. The number of anilines is 1. The minimum absolute atomic E-state index is 0.00548. The molecule has 1 aliphatic carbocycles. The van der Waals surface area contributed by atoms with Crippen LogP contribution in [0.2, 0.25) is 0 Å². The van der Waals surface area contributed by atoms with Crippen LogP contribution in [0.4, 0.5) is 5.82 Å². The van der Waals surface area contributed by atoms with Crippen LogP contribution in [0.5, 0.6) is 0 Å². The van der Waals surface area contributed by atoms with E-state index in [4.69, 9.17) is 9.40 Å². The maximum atomic E-state index is 12.9. The van der Waals surface area contributed by atoms with Gasteiger partial charge in [0.05, 0.1) is 28.5 Å². The number of nitrogens with one attached hydrogen (secondary N) is 2. The van der Waals surface area contributed by atoms with Crippen LogP contribution < -0.4 is 11.1 Å². The summed E-state index contributed by atoms with van der Waals surface area (Å²) in [7, 11) is 0. The van der Waals surface area contributed by atoms with Crippen LogP contribution in [0.25, 0.3) is 22.1 Å². The molecule has 7 rings (SSSR count). The number of imidazole rings is 1. The summed E-state index contributed by atoms with van der Waals surface area (Å²) >= 11 is 0. The molecule has 156 valence electrons. The second-order valence-corrected chi connectivity index (χ2v) is 8.53. The molecule has 1 aliphatic heterocycles. The van der Waals surface area contributed by atoms with E-state index < -0.39 is 11.2 Å². The van der Waals surface area contributed by atoms with Crippen LogP contribution >= 0.6 is 0 Å². The molecule has 2 N–H and O–H groups in total. The summed E-state index contributed by atoms with van der Waals surface area (Å²) in [5.74, 6) is 0.941. The second-order valence-electron chi connectivity index (χ2n) is 8.53. The van der Waals surface area contributed by atoms with Crippen molar-refractivity contribution in [3.8, 4) is 0 Å². The van der Waals surface area contributed by atoms with Crippen LogP contribution in [0.1, 0.15) is 22.5 Å². The van der Waals surface area contributed by atoms with E-state index in [1.807, 2.05) is 30.3 Å². The monoisotopic (exact) mass is 423 g/mol. The maximum Gasteiger partial charge on any atom is 0.420 e. The summed E-state index contributed by atoms with van der Waals surface area (Å²) in [6, 6.07) is 15.3. The highest BCUT2D eigenvalue weighted by Crippen LogP contribution is 2.47. The Morgan fingerprint density at radius 1 is 1.06 bits per heavy atom. The van der Waals surface area contributed by atoms with Crippen LogP contribution in [-0.4, -0.2) is 25.4 Å². The number of benzene rings is 2. The number of H-pyrrole nitrogens is 1. The number of fused-ring (bicyclic) bond motifs is 5. The fraction of sp³-hybridized carbons (Fsp3) is 0.167. The maximum absolute atomic E-state index is 12.9. The first-order chi connectivity index (χ1) is 15.6. The summed E-state index contributed by atoms with van der Waals surface area (Å²) in [6.07, 6.45) is 2.95. The molecule has 0 bridgehead atoms. The van der Waals surface area contributed by atoms with Gasteiger partial charge in [-0.25, -0.2) is 14.8 Å². The standard InChI is InChI=1S/C24H17N5O3/c30-22-24(15-4-3-7-25-21(15)28-22)10-13-8-16-17(9-14(13)11-24)27-20(26-16)12-29-18-5-1-2-6-19(18)32-23(29)31/h1-9H,10-12H2,(H,26,27)(H,25,28,30). The van der Waals surface area contributed by atoms with E-state index in [-0.39, 0.29) is 5.91 Å². The minimum atomic E-state index is -0.601. The van der Waals surface area contributed by atoms with Gasteiger partial charge in [0.25, 0.3) is 0 Å². The molecular formula is C24H17N5O3. The smallest absolute Gasteiger partial charge is 0.408 e. The number of hydrogen-bond donors (Lipinski definition) is 2.